The van der Waals surface area contributed by atoms with Crippen molar-refractivity contribution in [2.24, 2.45) is 0 Å². The Morgan fingerprint density at radius 2 is 1.87 bits per heavy atom. The molecular weight excluding hydrogens is 395 g/mol. The van der Waals surface area contributed by atoms with Crippen LogP contribution in [0.3, 0.4) is 0 Å². The van der Waals surface area contributed by atoms with Gasteiger partial charge in [-0.05, 0) is 30.3 Å². The molecule has 31 heavy (non-hydrogen) atoms. The maximum absolute atomic E-state index is 14.0. The van der Waals surface area contributed by atoms with Gasteiger partial charge in [0.2, 0.25) is 0 Å². The minimum absolute atomic E-state index is 0.285. The second-order valence-corrected chi connectivity index (χ2v) is 7.71. The van der Waals surface area contributed by atoms with Crippen molar-refractivity contribution in [3.05, 3.63) is 72.4 Å². The van der Waals surface area contributed by atoms with Crippen molar-refractivity contribution in [1.82, 2.24) is 19.7 Å². The Bertz CT molecular complexity index is 1190. The number of nitrogens with one attached hydrogen (secondary N) is 1. The van der Waals surface area contributed by atoms with Crippen LogP contribution in [-0.4, -0.2) is 53.0 Å². The van der Waals surface area contributed by atoms with E-state index in [-0.39, 0.29) is 11.6 Å². The number of hydrogen-bond acceptors (Lipinski definition) is 5. The van der Waals surface area contributed by atoms with E-state index >= 15 is 0 Å². The number of ether oxygens (including phenoxy) is 1. The van der Waals surface area contributed by atoms with E-state index in [1.165, 1.54) is 12.0 Å². The molecule has 1 saturated heterocycles. The number of nitrogens with zero attached hydrogens (tertiary/aromatic N) is 5. The first-order chi connectivity index (χ1) is 15.2. The van der Waals surface area contributed by atoms with Gasteiger partial charge in [0, 0.05) is 5.56 Å². The maximum atomic E-state index is 14.0. The predicted molar refractivity (Wildman–Crippen MR) is 116 cm³/mol. The van der Waals surface area contributed by atoms with Gasteiger partial charge in [0.25, 0.3) is 0 Å². The molecule has 1 fully saturated rings. The molecule has 1 aliphatic heterocycles. The lowest BCUT2D eigenvalue weighted by atomic mass is 10.1. The number of aromatic nitrogens is 4. The summed E-state index contributed by atoms with van der Waals surface area (Å²) in [6, 6.07) is 15.2. The lowest BCUT2D eigenvalue weighted by molar-refractivity contribution is -0.914. The molecule has 0 spiro atoms. The van der Waals surface area contributed by atoms with Gasteiger partial charge in [-0.25, -0.2) is 19.0 Å². The van der Waals surface area contributed by atoms with Gasteiger partial charge >= 0.3 is 0 Å². The first-order valence-corrected chi connectivity index (χ1v) is 10.4. The van der Waals surface area contributed by atoms with Crippen LogP contribution in [0.2, 0.25) is 0 Å². The van der Waals surface area contributed by atoms with Gasteiger partial charge in [-0.3, -0.25) is 0 Å². The molecule has 0 aliphatic carbocycles. The highest BCUT2D eigenvalue weighted by molar-refractivity contribution is 5.87. The summed E-state index contributed by atoms with van der Waals surface area (Å²) in [5, 5.41) is 5.50. The van der Waals surface area contributed by atoms with Crippen LogP contribution in [0.5, 0.6) is 5.75 Å². The third kappa shape index (κ3) is 3.82. The van der Waals surface area contributed by atoms with Crippen molar-refractivity contribution in [1.29, 1.82) is 0 Å². The predicted octanol–water partition coefficient (Wildman–Crippen LogP) is 1.87. The number of halogens is 1. The molecule has 0 atom stereocenters. The van der Waals surface area contributed by atoms with Gasteiger partial charge < -0.3 is 14.5 Å². The normalized spacial score (nSPS) is 14.8. The zero-order chi connectivity index (χ0) is 21.2. The minimum atomic E-state index is -0.308. The van der Waals surface area contributed by atoms with Crippen molar-refractivity contribution in [2.45, 2.75) is 6.54 Å². The molecule has 7 nitrogen and oxygen atoms in total. The summed E-state index contributed by atoms with van der Waals surface area (Å²) in [6.07, 6.45) is 3.45. The maximum Gasteiger partial charge on any atom is 0.168 e. The number of hydrogen-bond donors (Lipinski definition) is 1. The Hall–Kier alpha value is -3.52. The first-order valence-electron chi connectivity index (χ1n) is 10.4. The number of quaternary nitrogens is 1. The van der Waals surface area contributed by atoms with E-state index in [0.717, 1.165) is 60.8 Å². The fourth-order valence-electron chi connectivity index (χ4n) is 4.16. The number of rotatable bonds is 5. The highest BCUT2D eigenvalue weighted by atomic mass is 19.1. The van der Waals surface area contributed by atoms with Crippen molar-refractivity contribution >= 4 is 16.9 Å². The van der Waals surface area contributed by atoms with Crippen LogP contribution in [0.1, 0.15) is 5.56 Å². The van der Waals surface area contributed by atoms with Crippen LogP contribution in [0, 0.1) is 5.82 Å². The summed E-state index contributed by atoms with van der Waals surface area (Å²) >= 11 is 0. The van der Waals surface area contributed by atoms with Crippen molar-refractivity contribution in [2.75, 3.05) is 38.2 Å². The Morgan fingerprint density at radius 3 is 2.61 bits per heavy atom. The van der Waals surface area contributed by atoms with E-state index in [0.29, 0.717) is 0 Å². The van der Waals surface area contributed by atoms with E-state index in [4.69, 9.17) is 4.74 Å². The summed E-state index contributed by atoms with van der Waals surface area (Å²) in [7, 11) is 1.48. The van der Waals surface area contributed by atoms with E-state index < -0.39 is 0 Å². The SMILES string of the molecule is COc1ccc(C[NH+]2CCN(c3ncnc4c3cnn4-c3ccccc3)CC2)cc1F. The summed E-state index contributed by atoms with van der Waals surface area (Å²) in [5.41, 5.74) is 2.76. The zero-order valence-electron chi connectivity index (χ0n) is 17.3. The van der Waals surface area contributed by atoms with Crippen molar-refractivity contribution < 1.29 is 14.0 Å². The molecule has 3 heterocycles. The molecule has 5 rings (SSSR count). The van der Waals surface area contributed by atoms with Crippen LogP contribution in [0.25, 0.3) is 16.7 Å². The second-order valence-electron chi connectivity index (χ2n) is 7.71. The largest absolute Gasteiger partial charge is 0.494 e. The average molecular weight is 419 g/mol. The fourth-order valence-corrected chi connectivity index (χ4v) is 4.16. The molecule has 0 saturated carbocycles. The number of benzene rings is 2. The fraction of sp³-hybridized carbons (Fsp3) is 0.261. The number of anilines is 1. The third-order valence-corrected chi connectivity index (χ3v) is 5.79. The first kappa shape index (κ1) is 19.4. The van der Waals surface area contributed by atoms with E-state index in [1.54, 1.807) is 18.5 Å². The molecule has 1 aliphatic rings. The molecule has 2 aromatic carbocycles. The second kappa shape index (κ2) is 8.31. The quantitative estimate of drug-likeness (QED) is 0.535. The third-order valence-electron chi connectivity index (χ3n) is 5.79. The molecule has 0 radical (unpaired) electrons. The highest BCUT2D eigenvalue weighted by Crippen LogP contribution is 2.24. The lowest BCUT2D eigenvalue weighted by Gasteiger charge is -2.33. The van der Waals surface area contributed by atoms with E-state index in [2.05, 4.69) is 20.0 Å². The highest BCUT2D eigenvalue weighted by Gasteiger charge is 2.24. The smallest absolute Gasteiger partial charge is 0.168 e. The van der Waals surface area contributed by atoms with Gasteiger partial charge in [-0.1, -0.05) is 18.2 Å². The topological polar surface area (TPSA) is 60.5 Å². The molecule has 0 bridgehead atoms. The van der Waals surface area contributed by atoms with Crippen molar-refractivity contribution in [3.8, 4) is 11.4 Å². The molecule has 0 unspecified atom stereocenters. The monoisotopic (exact) mass is 419 g/mol. The number of para-hydroxylation sites is 1. The van der Waals surface area contributed by atoms with Gasteiger partial charge in [0.1, 0.15) is 18.7 Å². The Morgan fingerprint density at radius 1 is 1.06 bits per heavy atom. The van der Waals surface area contributed by atoms with Crippen LogP contribution in [-0.2, 0) is 6.54 Å². The summed E-state index contributed by atoms with van der Waals surface area (Å²) in [4.78, 5) is 12.8. The molecule has 158 valence electrons. The van der Waals surface area contributed by atoms with E-state index in [9.17, 15) is 4.39 Å². The molecule has 1 N–H and O–H groups in total. The number of methoxy groups -OCH3 is 1. The summed E-state index contributed by atoms with van der Waals surface area (Å²) in [5.74, 6) is 0.894. The van der Waals surface area contributed by atoms with Gasteiger partial charge in [0.05, 0.1) is 50.6 Å². The van der Waals surface area contributed by atoms with Gasteiger partial charge in [0.15, 0.2) is 17.2 Å². The van der Waals surface area contributed by atoms with Crippen molar-refractivity contribution in [3.63, 3.8) is 0 Å². The zero-order valence-corrected chi connectivity index (χ0v) is 17.3. The standard InChI is InChI=1S/C23H23FN6O/c1-31-21-8-7-17(13-20(21)24)15-28-9-11-29(12-10-28)22-19-14-27-30(23(19)26-16-25-22)18-5-3-2-4-6-18/h2-8,13-14,16H,9-12,15H2,1H3/p+1. The van der Waals surface area contributed by atoms with Crippen LogP contribution >= 0.6 is 0 Å². The van der Waals surface area contributed by atoms with E-state index in [1.807, 2.05) is 47.3 Å². The van der Waals surface area contributed by atoms with Gasteiger partial charge in [-0.15, -0.1) is 0 Å². The molecule has 0 amide bonds. The van der Waals surface area contributed by atoms with Crippen LogP contribution in [0.4, 0.5) is 10.2 Å². The van der Waals surface area contributed by atoms with Crippen LogP contribution < -0.4 is 14.5 Å². The number of fused-ring (bicyclic) bond motifs is 1. The van der Waals surface area contributed by atoms with Crippen LogP contribution in [0.15, 0.2) is 61.1 Å². The average Bonchev–Trinajstić information content (AvgIpc) is 3.25. The molecule has 2 aromatic heterocycles. The number of piperazine rings is 1. The minimum Gasteiger partial charge on any atom is -0.494 e. The summed E-state index contributed by atoms with van der Waals surface area (Å²) in [6.45, 7) is 4.44. The molecular formula is C23H24FN6O+. The lowest BCUT2D eigenvalue weighted by Crippen LogP contribution is -3.13. The Balaban J connectivity index is 1.31. The van der Waals surface area contributed by atoms with Gasteiger partial charge in [-0.2, -0.15) is 5.10 Å². The molecule has 8 heteroatoms. The Kier molecular flexibility index (Phi) is 5.21. The molecule has 4 aromatic rings. The summed E-state index contributed by atoms with van der Waals surface area (Å²) < 4.78 is 20.9. The Labute approximate surface area is 179 Å².